The molecule has 7 heteroatoms. The SMILES string of the molecule is CCOC(=O)c1ccc(NC(=O)Nc2cc(C(C)(C)C)no2)cc1. The molecular weight excluding hydrogens is 310 g/mol. The van der Waals surface area contributed by atoms with Crippen LogP contribution in [0, 0.1) is 0 Å². The summed E-state index contributed by atoms with van der Waals surface area (Å²) in [6.07, 6.45) is 0. The first-order valence-electron chi connectivity index (χ1n) is 7.62. The van der Waals surface area contributed by atoms with E-state index in [4.69, 9.17) is 9.26 Å². The summed E-state index contributed by atoms with van der Waals surface area (Å²) in [5.41, 5.74) is 1.54. The molecule has 0 saturated heterocycles. The Kier molecular flexibility index (Phi) is 5.23. The van der Waals surface area contributed by atoms with Crippen LogP contribution < -0.4 is 10.6 Å². The van der Waals surface area contributed by atoms with E-state index in [0.717, 1.165) is 5.69 Å². The summed E-state index contributed by atoms with van der Waals surface area (Å²) < 4.78 is 9.99. The molecule has 0 aliphatic rings. The molecule has 0 unspecified atom stereocenters. The topological polar surface area (TPSA) is 93.5 Å². The van der Waals surface area contributed by atoms with Gasteiger partial charge in [-0.3, -0.25) is 5.32 Å². The van der Waals surface area contributed by atoms with Crippen LogP contribution in [-0.4, -0.2) is 23.8 Å². The van der Waals surface area contributed by atoms with Crippen LogP contribution in [0.3, 0.4) is 0 Å². The second kappa shape index (κ2) is 7.16. The van der Waals surface area contributed by atoms with Gasteiger partial charge in [0.25, 0.3) is 0 Å². The van der Waals surface area contributed by atoms with E-state index in [2.05, 4.69) is 15.8 Å². The van der Waals surface area contributed by atoms with E-state index in [1.165, 1.54) is 0 Å². The molecule has 0 fully saturated rings. The number of nitrogens with one attached hydrogen (secondary N) is 2. The summed E-state index contributed by atoms with van der Waals surface area (Å²) in [7, 11) is 0. The van der Waals surface area contributed by atoms with Gasteiger partial charge in [-0.15, -0.1) is 0 Å². The van der Waals surface area contributed by atoms with Gasteiger partial charge in [-0.2, -0.15) is 0 Å². The number of carbonyl (C=O) groups excluding carboxylic acids is 2. The maximum Gasteiger partial charge on any atom is 0.338 e. The number of hydrogen-bond acceptors (Lipinski definition) is 5. The number of rotatable bonds is 4. The van der Waals surface area contributed by atoms with Gasteiger partial charge in [-0.25, -0.2) is 9.59 Å². The number of urea groups is 1. The molecule has 0 radical (unpaired) electrons. The van der Waals surface area contributed by atoms with E-state index in [1.807, 2.05) is 20.8 Å². The standard InChI is InChI=1S/C17H21N3O4/c1-5-23-15(21)11-6-8-12(9-7-11)18-16(22)19-14-10-13(20-24-14)17(2,3)4/h6-10H,5H2,1-4H3,(H2,18,19,22). The molecule has 2 rings (SSSR count). The average Bonchev–Trinajstić information content (AvgIpc) is 2.96. The number of benzene rings is 1. The fourth-order valence-electron chi connectivity index (χ4n) is 1.87. The van der Waals surface area contributed by atoms with Crippen LogP contribution >= 0.6 is 0 Å². The maximum atomic E-state index is 12.0. The predicted octanol–water partition coefficient (Wildman–Crippen LogP) is 3.79. The fourth-order valence-corrected chi connectivity index (χ4v) is 1.87. The van der Waals surface area contributed by atoms with Crippen molar-refractivity contribution in [3.8, 4) is 0 Å². The molecule has 0 aliphatic carbocycles. The van der Waals surface area contributed by atoms with Gasteiger partial charge in [0.1, 0.15) is 0 Å². The molecule has 0 atom stereocenters. The van der Waals surface area contributed by atoms with E-state index >= 15 is 0 Å². The minimum atomic E-state index is -0.463. The van der Waals surface area contributed by atoms with Crippen molar-refractivity contribution < 1.29 is 18.8 Å². The summed E-state index contributed by atoms with van der Waals surface area (Å²) in [6, 6.07) is 7.62. The Labute approximate surface area is 140 Å². The molecule has 2 aromatic rings. The van der Waals surface area contributed by atoms with E-state index in [9.17, 15) is 9.59 Å². The summed E-state index contributed by atoms with van der Waals surface area (Å²) >= 11 is 0. The molecular formula is C17H21N3O4. The molecule has 1 aromatic heterocycles. The Balaban J connectivity index is 1.95. The van der Waals surface area contributed by atoms with Crippen LogP contribution in [0.4, 0.5) is 16.4 Å². The first-order valence-corrected chi connectivity index (χ1v) is 7.62. The number of aromatic nitrogens is 1. The zero-order valence-corrected chi connectivity index (χ0v) is 14.2. The van der Waals surface area contributed by atoms with Crippen LogP contribution in [-0.2, 0) is 10.2 Å². The third-order valence-electron chi connectivity index (χ3n) is 3.17. The van der Waals surface area contributed by atoms with Gasteiger partial charge in [0.2, 0.25) is 5.88 Å². The van der Waals surface area contributed by atoms with Gasteiger partial charge in [0.15, 0.2) is 0 Å². The number of ether oxygens (including phenoxy) is 1. The highest BCUT2D eigenvalue weighted by molar-refractivity contribution is 5.99. The molecule has 128 valence electrons. The van der Waals surface area contributed by atoms with Crippen LogP contribution in [0.25, 0.3) is 0 Å². The molecule has 1 aromatic carbocycles. The fraction of sp³-hybridized carbons (Fsp3) is 0.353. The molecule has 0 saturated carbocycles. The first-order chi connectivity index (χ1) is 11.3. The lowest BCUT2D eigenvalue weighted by atomic mass is 9.92. The minimum absolute atomic E-state index is 0.164. The van der Waals surface area contributed by atoms with Gasteiger partial charge in [0.05, 0.1) is 17.9 Å². The molecule has 2 amide bonds. The normalized spacial score (nSPS) is 11.0. The van der Waals surface area contributed by atoms with Crippen LogP contribution in [0.15, 0.2) is 34.9 Å². The van der Waals surface area contributed by atoms with Crippen molar-refractivity contribution in [2.45, 2.75) is 33.1 Å². The summed E-state index contributed by atoms with van der Waals surface area (Å²) in [4.78, 5) is 23.5. The van der Waals surface area contributed by atoms with E-state index in [-0.39, 0.29) is 11.3 Å². The lowest BCUT2D eigenvalue weighted by molar-refractivity contribution is 0.0526. The van der Waals surface area contributed by atoms with Crippen LogP contribution in [0.2, 0.25) is 0 Å². The van der Waals surface area contributed by atoms with Gasteiger partial charge < -0.3 is 14.6 Å². The van der Waals surface area contributed by atoms with E-state index in [0.29, 0.717) is 17.9 Å². The Hall–Kier alpha value is -2.83. The zero-order chi connectivity index (χ0) is 17.7. The Morgan fingerprint density at radius 1 is 1.17 bits per heavy atom. The average molecular weight is 331 g/mol. The van der Waals surface area contributed by atoms with Gasteiger partial charge in [-0.1, -0.05) is 25.9 Å². The van der Waals surface area contributed by atoms with Gasteiger partial charge >= 0.3 is 12.0 Å². The zero-order valence-electron chi connectivity index (χ0n) is 14.2. The predicted molar refractivity (Wildman–Crippen MR) is 90.2 cm³/mol. The maximum absolute atomic E-state index is 12.0. The van der Waals surface area contributed by atoms with Crippen LogP contribution in [0.5, 0.6) is 0 Å². The van der Waals surface area contributed by atoms with Gasteiger partial charge in [-0.05, 0) is 31.2 Å². The Morgan fingerprint density at radius 2 is 1.83 bits per heavy atom. The van der Waals surface area contributed by atoms with E-state index in [1.54, 1.807) is 37.3 Å². The number of amides is 2. The number of esters is 1. The monoisotopic (exact) mass is 331 g/mol. The summed E-state index contributed by atoms with van der Waals surface area (Å²) in [5.74, 6) is -0.134. The highest BCUT2D eigenvalue weighted by Crippen LogP contribution is 2.23. The second-order valence-corrected chi connectivity index (χ2v) is 6.20. The van der Waals surface area contributed by atoms with Crippen molar-refractivity contribution >= 4 is 23.6 Å². The lowest BCUT2D eigenvalue weighted by Gasteiger charge is -2.12. The van der Waals surface area contributed by atoms with E-state index < -0.39 is 12.0 Å². The lowest BCUT2D eigenvalue weighted by Crippen LogP contribution is -2.19. The third kappa shape index (κ3) is 4.58. The first kappa shape index (κ1) is 17.5. The minimum Gasteiger partial charge on any atom is -0.462 e. The van der Waals surface area contributed by atoms with Crippen molar-refractivity contribution in [3.63, 3.8) is 0 Å². The number of carbonyl (C=O) groups is 2. The molecule has 0 spiro atoms. The largest absolute Gasteiger partial charge is 0.462 e. The number of nitrogens with zero attached hydrogens (tertiary/aromatic N) is 1. The molecule has 0 aliphatic heterocycles. The Morgan fingerprint density at radius 3 is 2.38 bits per heavy atom. The van der Waals surface area contributed by atoms with Gasteiger partial charge in [0, 0.05) is 17.2 Å². The molecule has 1 heterocycles. The summed E-state index contributed by atoms with van der Waals surface area (Å²) in [5, 5.41) is 9.14. The number of hydrogen-bond donors (Lipinski definition) is 2. The highest BCUT2D eigenvalue weighted by Gasteiger charge is 2.19. The van der Waals surface area contributed by atoms with Crippen LogP contribution in [0.1, 0.15) is 43.7 Å². The number of anilines is 2. The summed E-state index contributed by atoms with van der Waals surface area (Å²) in [6.45, 7) is 8.06. The molecule has 7 nitrogen and oxygen atoms in total. The molecule has 0 bridgehead atoms. The quantitative estimate of drug-likeness (QED) is 0.831. The van der Waals surface area contributed by atoms with Crippen molar-refractivity contribution in [2.75, 3.05) is 17.2 Å². The van der Waals surface area contributed by atoms with Crippen molar-refractivity contribution in [1.82, 2.24) is 5.16 Å². The molecule has 2 N–H and O–H groups in total. The smallest absolute Gasteiger partial charge is 0.338 e. The van der Waals surface area contributed by atoms with Crippen molar-refractivity contribution in [1.29, 1.82) is 0 Å². The van der Waals surface area contributed by atoms with Crippen molar-refractivity contribution in [3.05, 3.63) is 41.6 Å². The molecule has 24 heavy (non-hydrogen) atoms. The van der Waals surface area contributed by atoms with Crippen molar-refractivity contribution in [2.24, 2.45) is 0 Å². The highest BCUT2D eigenvalue weighted by atomic mass is 16.5. The second-order valence-electron chi connectivity index (χ2n) is 6.20. The Bertz CT molecular complexity index is 714. The third-order valence-corrected chi connectivity index (χ3v) is 3.17.